The van der Waals surface area contributed by atoms with Gasteiger partial charge in [0.05, 0.1) is 5.69 Å². The molecule has 0 spiro atoms. The zero-order valence-electron chi connectivity index (χ0n) is 9.51. The van der Waals surface area contributed by atoms with E-state index in [0.29, 0.717) is 5.17 Å². The van der Waals surface area contributed by atoms with Crippen molar-refractivity contribution < 1.29 is 0 Å². The number of hydrogen-bond acceptors (Lipinski definition) is 4. The molecule has 0 radical (unpaired) electrons. The Morgan fingerprint density at radius 1 is 1.59 bits per heavy atom. The molecule has 0 unspecified atom stereocenters. The molecule has 0 aliphatic heterocycles. The number of thioether (sulfide) groups is 2. The molecule has 3 nitrogen and oxygen atoms in total. The molecular formula is C12H13N3S2. The number of nitrogens with one attached hydrogen (secondary N) is 1. The Hall–Kier alpha value is -1.38. The van der Waals surface area contributed by atoms with E-state index in [4.69, 9.17) is 5.26 Å². The molecule has 1 aromatic rings. The van der Waals surface area contributed by atoms with E-state index in [1.54, 1.807) is 11.8 Å². The van der Waals surface area contributed by atoms with Crippen LogP contribution in [0, 0.1) is 11.5 Å². The minimum Gasteiger partial charge on any atom is -0.271 e. The van der Waals surface area contributed by atoms with Crippen LogP contribution in [0.1, 0.15) is 0 Å². The van der Waals surface area contributed by atoms with Crippen molar-refractivity contribution in [3.05, 3.63) is 36.9 Å². The standard InChI is InChI=1S/C12H13N3S2/c1-3-8-17-11-7-5-4-6-10(11)15-12(16-2)14-9-13/h3-7H,1,8H2,2H3,(H,14,15). The number of aliphatic imine (C=N–C) groups is 1. The van der Waals surface area contributed by atoms with E-state index in [9.17, 15) is 0 Å². The van der Waals surface area contributed by atoms with Gasteiger partial charge in [0.2, 0.25) is 0 Å². The van der Waals surface area contributed by atoms with Crippen molar-refractivity contribution in [2.45, 2.75) is 4.90 Å². The predicted molar refractivity (Wildman–Crippen MR) is 76.7 cm³/mol. The molecule has 0 aromatic heterocycles. The van der Waals surface area contributed by atoms with Crippen LogP contribution in [0.5, 0.6) is 0 Å². The van der Waals surface area contributed by atoms with Gasteiger partial charge in [-0.1, -0.05) is 30.0 Å². The maximum atomic E-state index is 8.58. The zero-order chi connectivity index (χ0) is 12.5. The Morgan fingerprint density at radius 3 is 3.00 bits per heavy atom. The van der Waals surface area contributed by atoms with Gasteiger partial charge in [0.1, 0.15) is 0 Å². The SMILES string of the molecule is C=CCSc1ccccc1N=C(NC#N)SC. The van der Waals surface area contributed by atoms with Crippen LogP contribution in [0.25, 0.3) is 0 Å². The average Bonchev–Trinajstić information content (AvgIpc) is 2.37. The Kier molecular flexibility index (Phi) is 6.30. The van der Waals surface area contributed by atoms with Crippen molar-refractivity contribution in [3.8, 4) is 6.19 Å². The molecule has 0 aliphatic carbocycles. The topological polar surface area (TPSA) is 48.2 Å². The first-order valence-electron chi connectivity index (χ1n) is 4.92. The number of amidine groups is 1. The molecule has 0 fully saturated rings. The summed E-state index contributed by atoms with van der Waals surface area (Å²) in [6.07, 6.45) is 5.61. The van der Waals surface area contributed by atoms with Crippen molar-refractivity contribution in [3.63, 3.8) is 0 Å². The fourth-order valence-corrected chi connectivity index (χ4v) is 2.17. The van der Waals surface area contributed by atoms with Crippen molar-refractivity contribution in [1.29, 1.82) is 5.26 Å². The summed E-state index contributed by atoms with van der Waals surface area (Å²) in [5.41, 5.74) is 0.867. The van der Waals surface area contributed by atoms with Crippen LogP contribution in [-0.4, -0.2) is 17.2 Å². The average molecular weight is 263 g/mol. The third-order valence-corrected chi connectivity index (χ3v) is 3.44. The first kappa shape index (κ1) is 13.7. The minimum atomic E-state index is 0.596. The highest BCUT2D eigenvalue weighted by Gasteiger charge is 2.02. The molecule has 1 N–H and O–H groups in total. The molecule has 0 amide bonds. The molecule has 0 atom stereocenters. The lowest BCUT2D eigenvalue weighted by atomic mass is 10.3. The maximum Gasteiger partial charge on any atom is 0.183 e. The second-order valence-corrected chi connectivity index (χ2v) is 4.78. The largest absolute Gasteiger partial charge is 0.271 e. The highest BCUT2D eigenvalue weighted by atomic mass is 32.2. The molecule has 0 bridgehead atoms. The van der Waals surface area contributed by atoms with E-state index in [1.807, 2.05) is 42.8 Å². The minimum absolute atomic E-state index is 0.596. The van der Waals surface area contributed by atoms with E-state index >= 15 is 0 Å². The summed E-state index contributed by atoms with van der Waals surface area (Å²) in [5, 5.41) is 11.7. The molecule has 0 saturated heterocycles. The highest BCUT2D eigenvalue weighted by molar-refractivity contribution is 8.13. The summed E-state index contributed by atoms with van der Waals surface area (Å²) in [5.74, 6) is 0.840. The highest BCUT2D eigenvalue weighted by Crippen LogP contribution is 2.29. The summed E-state index contributed by atoms with van der Waals surface area (Å²) in [6.45, 7) is 3.70. The van der Waals surface area contributed by atoms with Crippen LogP contribution in [0.4, 0.5) is 5.69 Å². The quantitative estimate of drug-likeness (QED) is 0.226. The first-order chi connectivity index (χ1) is 8.31. The van der Waals surface area contributed by atoms with E-state index < -0.39 is 0 Å². The third-order valence-electron chi connectivity index (χ3n) is 1.80. The van der Waals surface area contributed by atoms with Crippen LogP contribution in [0.15, 0.2) is 46.8 Å². The van der Waals surface area contributed by atoms with Gasteiger partial charge in [-0.05, 0) is 18.4 Å². The Bertz CT molecular complexity index is 449. The zero-order valence-corrected chi connectivity index (χ0v) is 11.1. The lowest BCUT2D eigenvalue weighted by Crippen LogP contribution is -2.12. The van der Waals surface area contributed by atoms with E-state index in [-0.39, 0.29) is 0 Å². The summed E-state index contributed by atoms with van der Waals surface area (Å²) in [7, 11) is 0. The van der Waals surface area contributed by atoms with Crippen LogP contribution in [0.3, 0.4) is 0 Å². The van der Waals surface area contributed by atoms with Crippen LogP contribution < -0.4 is 5.32 Å². The Morgan fingerprint density at radius 2 is 2.35 bits per heavy atom. The molecule has 1 aromatic carbocycles. The maximum absolute atomic E-state index is 8.58. The molecule has 0 heterocycles. The number of nitriles is 1. The predicted octanol–water partition coefficient (Wildman–Crippen LogP) is 3.39. The number of benzene rings is 1. The van der Waals surface area contributed by atoms with Gasteiger partial charge in [-0.3, -0.25) is 5.32 Å². The van der Waals surface area contributed by atoms with Gasteiger partial charge in [-0.2, -0.15) is 5.26 Å². The number of hydrogen-bond donors (Lipinski definition) is 1. The summed E-state index contributed by atoms with van der Waals surface area (Å²) in [6, 6.07) is 7.85. The lowest BCUT2D eigenvalue weighted by molar-refractivity contribution is 1.26. The number of para-hydroxylation sites is 1. The first-order valence-corrected chi connectivity index (χ1v) is 7.13. The summed E-state index contributed by atoms with van der Waals surface area (Å²) in [4.78, 5) is 5.49. The van der Waals surface area contributed by atoms with E-state index in [1.165, 1.54) is 11.8 Å². The molecule has 1 rings (SSSR count). The lowest BCUT2D eigenvalue weighted by Gasteiger charge is -2.05. The van der Waals surface area contributed by atoms with Gasteiger partial charge in [0, 0.05) is 10.6 Å². The van der Waals surface area contributed by atoms with Gasteiger partial charge in [-0.15, -0.1) is 18.3 Å². The normalized spacial score (nSPS) is 10.7. The van der Waals surface area contributed by atoms with E-state index in [2.05, 4.69) is 16.9 Å². The molecule has 5 heteroatoms. The Balaban J connectivity index is 2.96. The third kappa shape index (κ3) is 4.55. The van der Waals surface area contributed by atoms with E-state index in [0.717, 1.165) is 16.3 Å². The van der Waals surface area contributed by atoms with Gasteiger partial charge in [0.25, 0.3) is 0 Å². The summed E-state index contributed by atoms with van der Waals surface area (Å²) < 4.78 is 0. The number of rotatable bonds is 4. The second kappa shape index (κ2) is 7.82. The van der Waals surface area contributed by atoms with Crippen molar-refractivity contribution in [2.24, 2.45) is 4.99 Å². The number of nitrogens with zero attached hydrogens (tertiary/aromatic N) is 2. The molecule has 88 valence electrons. The van der Waals surface area contributed by atoms with Crippen molar-refractivity contribution in [1.82, 2.24) is 5.32 Å². The van der Waals surface area contributed by atoms with Gasteiger partial charge in [0.15, 0.2) is 11.4 Å². The van der Waals surface area contributed by atoms with Crippen LogP contribution in [-0.2, 0) is 0 Å². The molecule has 0 saturated carbocycles. The fraction of sp³-hybridized carbons (Fsp3) is 0.167. The fourth-order valence-electron chi connectivity index (χ4n) is 1.10. The Labute approximate surface area is 110 Å². The monoisotopic (exact) mass is 263 g/mol. The second-order valence-electron chi connectivity index (χ2n) is 2.93. The van der Waals surface area contributed by atoms with Gasteiger partial charge < -0.3 is 0 Å². The molecular weight excluding hydrogens is 250 g/mol. The smallest absolute Gasteiger partial charge is 0.183 e. The van der Waals surface area contributed by atoms with Gasteiger partial charge >= 0.3 is 0 Å². The van der Waals surface area contributed by atoms with Crippen LogP contribution >= 0.6 is 23.5 Å². The molecule has 17 heavy (non-hydrogen) atoms. The van der Waals surface area contributed by atoms with Crippen LogP contribution in [0.2, 0.25) is 0 Å². The van der Waals surface area contributed by atoms with Crippen molar-refractivity contribution >= 4 is 34.4 Å². The van der Waals surface area contributed by atoms with Crippen molar-refractivity contribution in [2.75, 3.05) is 12.0 Å². The van der Waals surface area contributed by atoms with Gasteiger partial charge in [-0.25, -0.2) is 4.99 Å². The summed E-state index contributed by atoms with van der Waals surface area (Å²) >= 11 is 3.08. The molecule has 0 aliphatic rings.